The van der Waals surface area contributed by atoms with Crippen LogP contribution in [0.5, 0.6) is 11.5 Å². The molecular weight excluding hydrogens is 268 g/mol. The molecule has 1 aliphatic rings. The Labute approximate surface area is 126 Å². The number of nitrogens with one attached hydrogen (secondary N) is 2. The second kappa shape index (κ2) is 7.88. The molecule has 116 valence electrons. The van der Waals surface area contributed by atoms with Crippen molar-refractivity contribution in [2.24, 2.45) is 0 Å². The molecule has 0 bridgehead atoms. The third kappa shape index (κ3) is 4.36. The van der Waals surface area contributed by atoms with Crippen LogP contribution in [-0.2, 0) is 4.79 Å². The second-order valence-electron chi connectivity index (χ2n) is 5.21. The van der Waals surface area contributed by atoms with Gasteiger partial charge in [-0.1, -0.05) is 13.3 Å². The van der Waals surface area contributed by atoms with Gasteiger partial charge in [-0.05, 0) is 37.9 Å². The third-order valence-electron chi connectivity index (χ3n) is 3.56. The Bertz CT molecular complexity index is 471. The molecule has 1 aliphatic heterocycles. The molecule has 1 fully saturated rings. The molecular formula is C16H24N2O3. The van der Waals surface area contributed by atoms with Crippen LogP contribution >= 0.6 is 0 Å². The first kappa shape index (κ1) is 15.6. The lowest BCUT2D eigenvalue weighted by atomic mass is 10.2. The summed E-state index contributed by atoms with van der Waals surface area (Å²) in [6, 6.07) is 5.38. The van der Waals surface area contributed by atoms with Crippen molar-refractivity contribution in [2.45, 2.75) is 38.6 Å². The van der Waals surface area contributed by atoms with Gasteiger partial charge in [0.05, 0.1) is 19.8 Å². The highest BCUT2D eigenvalue weighted by Crippen LogP contribution is 2.30. The Morgan fingerprint density at radius 1 is 1.43 bits per heavy atom. The fraction of sp³-hybridized carbons (Fsp3) is 0.562. The maximum Gasteiger partial charge on any atom is 0.241 e. The van der Waals surface area contributed by atoms with Crippen molar-refractivity contribution in [3.05, 3.63) is 18.2 Å². The average Bonchev–Trinajstić information content (AvgIpc) is 3.02. The fourth-order valence-corrected chi connectivity index (χ4v) is 2.33. The molecule has 0 saturated carbocycles. The Kier molecular flexibility index (Phi) is 5.87. The highest BCUT2D eigenvalue weighted by atomic mass is 16.5. The molecule has 1 unspecified atom stereocenters. The number of ether oxygens (including phenoxy) is 2. The zero-order chi connectivity index (χ0) is 15.1. The van der Waals surface area contributed by atoms with E-state index in [2.05, 4.69) is 17.6 Å². The van der Waals surface area contributed by atoms with Gasteiger partial charge in [0.1, 0.15) is 0 Å². The number of benzene rings is 1. The predicted octanol–water partition coefficient (Wildman–Crippen LogP) is 2.56. The van der Waals surface area contributed by atoms with Crippen molar-refractivity contribution in [1.29, 1.82) is 0 Å². The third-order valence-corrected chi connectivity index (χ3v) is 3.56. The summed E-state index contributed by atoms with van der Waals surface area (Å²) < 4.78 is 11.0. The Hall–Kier alpha value is -1.75. The van der Waals surface area contributed by atoms with E-state index in [4.69, 9.17) is 9.47 Å². The number of anilines is 1. The molecule has 0 spiro atoms. The van der Waals surface area contributed by atoms with Crippen molar-refractivity contribution in [3.63, 3.8) is 0 Å². The van der Waals surface area contributed by atoms with Gasteiger partial charge in [-0.3, -0.25) is 4.79 Å². The Morgan fingerprint density at radius 3 is 2.95 bits per heavy atom. The van der Waals surface area contributed by atoms with Crippen LogP contribution in [0.2, 0.25) is 0 Å². The lowest BCUT2D eigenvalue weighted by molar-refractivity contribution is -0.117. The van der Waals surface area contributed by atoms with Gasteiger partial charge in [0.15, 0.2) is 11.5 Å². The van der Waals surface area contributed by atoms with Crippen LogP contribution < -0.4 is 20.1 Å². The summed E-state index contributed by atoms with van der Waals surface area (Å²) in [5.74, 6) is 1.36. The molecule has 1 amide bonds. The number of rotatable bonds is 7. The lowest BCUT2D eigenvalue weighted by Crippen LogP contribution is -2.35. The maximum absolute atomic E-state index is 12.1. The lowest BCUT2D eigenvalue weighted by Gasteiger charge is -2.14. The van der Waals surface area contributed by atoms with Crippen LogP contribution in [0.25, 0.3) is 0 Å². The van der Waals surface area contributed by atoms with E-state index in [0.717, 1.165) is 37.9 Å². The van der Waals surface area contributed by atoms with E-state index in [1.165, 1.54) is 0 Å². The van der Waals surface area contributed by atoms with Gasteiger partial charge in [-0.15, -0.1) is 0 Å². The number of carbonyl (C=O) groups is 1. The van der Waals surface area contributed by atoms with Gasteiger partial charge in [0.25, 0.3) is 0 Å². The SMILES string of the molecule is CCCCOc1cc(NC(=O)C2CCCN2)ccc1OC. The molecule has 1 atom stereocenters. The van der Waals surface area contributed by atoms with E-state index in [1.54, 1.807) is 7.11 Å². The van der Waals surface area contributed by atoms with Crippen LogP contribution in [0, 0.1) is 0 Å². The molecule has 21 heavy (non-hydrogen) atoms. The standard InChI is InChI=1S/C16H24N2O3/c1-3-4-10-21-15-11-12(7-8-14(15)20-2)18-16(19)13-6-5-9-17-13/h7-8,11,13,17H,3-6,9-10H2,1-2H3,(H,18,19). The van der Waals surface area contributed by atoms with Crippen LogP contribution in [0.1, 0.15) is 32.6 Å². The zero-order valence-corrected chi connectivity index (χ0v) is 12.8. The molecule has 0 aromatic heterocycles. The minimum absolute atomic E-state index is 0.0113. The van der Waals surface area contributed by atoms with Crippen molar-refractivity contribution in [2.75, 3.05) is 25.6 Å². The van der Waals surface area contributed by atoms with Crippen LogP contribution in [0.15, 0.2) is 18.2 Å². The summed E-state index contributed by atoms with van der Waals surface area (Å²) in [5, 5.41) is 6.12. The van der Waals surface area contributed by atoms with E-state index < -0.39 is 0 Å². The van der Waals surface area contributed by atoms with Gasteiger partial charge >= 0.3 is 0 Å². The molecule has 5 heteroatoms. The highest BCUT2D eigenvalue weighted by Gasteiger charge is 2.22. The smallest absolute Gasteiger partial charge is 0.241 e. The summed E-state index contributed by atoms with van der Waals surface area (Å²) >= 11 is 0. The number of methoxy groups -OCH3 is 1. The maximum atomic E-state index is 12.1. The number of carbonyl (C=O) groups excluding carboxylic acids is 1. The minimum atomic E-state index is -0.0865. The van der Waals surface area contributed by atoms with Crippen molar-refractivity contribution in [3.8, 4) is 11.5 Å². The summed E-state index contributed by atoms with van der Waals surface area (Å²) in [5.41, 5.74) is 0.737. The summed E-state index contributed by atoms with van der Waals surface area (Å²) in [6.45, 7) is 3.67. The monoisotopic (exact) mass is 292 g/mol. The second-order valence-corrected chi connectivity index (χ2v) is 5.21. The van der Waals surface area contributed by atoms with Gasteiger partial charge in [-0.25, -0.2) is 0 Å². The van der Waals surface area contributed by atoms with E-state index in [1.807, 2.05) is 18.2 Å². The van der Waals surface area contributed by atoms with E-state index in [0.29, 0.717) is 18.1 Å². The molecule has 1 saturated heterocycles. The molecule has 0 aliphatic carbocycles. The van der Waals surface area contributed by atoms with E-state index in [-0.39, 0.29) is 11.9 Å². The Balaban J connectivity index is 2.01. The number of hydrogen-bond acceptors (Lipinski definition) is 4. The van der Waals surface area contributed by atoms with Crippen LogP contribution in [-0.4, -0.2) is 32.2 Å². The molecule has 1 heterocycles. The Morgan fingerprint density at radius 2 is 2.29 bits per heavy atom. The first-order chi connectivity index (χ1) is 10.2. The number of hydrogen-bond donors (Lipinski definition) is 2. The van der Waals surface area contributed by atoms with Crippen molar-refractivity contribution in [1.82, 2.24) is 5.32 Å². The average molecular weight is 292 g/mol. The molecule has 0 radical (unpaired) electrons. The summed E-state index contributed by atoms with van der Waals surface area (Å²) in [7, 11) is 1.61. The summed E-state index contributed by atoms with van der Waals surface area (Å²) in [6.07, 6.45) is 4.01. The van der Waals surface area contributed by atoms with E-state index in [9.17, 15) is 4.79 Å². The number of unbranched alkanes of at least 4 members (excludes halogenated alkanes) is 1. The predicted molar refractivity (Wildman–Crippen MR) is 83.1 cm³/mol. The first-order valence-corrected chi connectivity index (χ1v) is 7.59. The topological polar surface area (TPSA) is 59.6 Å². The zero-order valence-electron chi connectivity index (χ0n) is 12.8. The largest absolute Gasteiger partial charge is 0.493 e. The van der Waals surface area contributed by atoms with Gasteiger partial charge in [0, 0.05) is 11.8 Å². The van der Waals surface area contributed by atoms with Crippen LogP contribution in [0.3, 0.4) is 0 Å². The molecule has 1 aromatic rings. The van der Waals surface area contributed by atoms with Crippen molar-refractivity contribution >= 4 is 11.6 Å². The van der Waals surface area contributed by atoms with Crippen molar-refractivity contribution < 1.29 is 14.3 Å². The van der Waals surface area contributed by atoms with Gasteiger partial charge in [-0.2, -0.15) is 0 Å². The fourth-order valence-electron chi connectivity index (χ4n) is 2.33. The van der Waals surface area contributed by atoms with Gasteiger partial charge < -0.3 is 20.1 Å². The van der Waals surface area contributed by atoms with E-state index >= 15 is 0 Å². The minimum Gasteiger partial charge on any atom is -0.493 e. The molecule has 2 N–H and O–H groups in total. The van der Waals surface area contributed by atoms with Gasteiger partial charge in [0.2, 0.25) is 5.91 Å². The first-order valence-electron chi connectivity index (χ1n) is 7.59. The molecule has 1 aromatic carbocycles. The molecule has 2 rings (SSSR count). The summed E-state index contributed by atoms with van der Waals surface area (Å²) in [4.78, 5) is 12.1. The normalized spacial score (nSPS) is 17.5. The number of amides is 1. The van der Waals surface area contributed by atoms with Crippen LogP contribution in [0.4, 0.5) is 5.69 Å². The highest BCUT2D eigenvalue weighted by molar-refractivity contribution is 5.95. The quantitative estimate of drug-likeness (QED) is 0.758. The molecule has 5 nitrogen and oxygen atoms in total.